The second kappa shape index (κ2) is 11.6. The van der Waals surface area contributed by atoms with Gasteiger partial charge in [0.1, 0.15) is 10.8 Å². The van der Waals surface area contributed by atoms with Gasteiger partial charge in [-0.2, -0.15) is 0 Å². The fourth-order valence-electron chi connectivity index (χ4n) is 5.49. The van der Waals surface area contributed by atoms with E-state index in [4.69, 9.17) is 14.5 Å². The number of thiophene rings is 1. The van der Waals surface area contributed by atoms with Crippen LogP contribution in [-0.4, -0.2) is 29.6 Å². The first-order valence-corrected chi connectivity index (χ1v) is 15.2. The summed E-state index contributed by atoms with van der Waals surface area (Å²) in [6.45, 7) is 12.9. The zero-order valence-electron chi connectivity index (χ0n) is 24.7. The van der Waals surface area contributed by atoms with Crippen molar-refractivity contribution in [2.24, 2.45) is 11.3 Å². The number of para-hydroxylation sites is 1. The average Bonchev–Trinajstić information content (AvgIpc) is 3.29. The number of amides is 1. The summed E-state index contributed by atoms with van der Waals surface area (Å²) < 4.78 is 11.2. The summed E-state index contributed by atoms with van der Waals surface area (Å²) in [5.74, 6) is 0.639. The Kier molecular flexibility index (Phi) is 8.18. The SMILES string of the molecule is CCOC(=O)c1c(NC(=O)c2cc(-c3ccc(OC(C)C)cc3)nc3ccccc23)sc2c1CCC(C(C)(C)C)C2. The van der Waals surface area contributed by atoms with Gasteiger partial charge >= 0.3 is 5.97 Å². The van der Waals surface area contributed by atoms with Crippen molar-refractivity contribution in [2.75, 3.05) is 11.9 Å². The molecule has 5 rings (SSSR count). The molecule has 7 heteroatoms. The molecule has 1 N–H and O–H groups in total. The Hall–Kier alpha value is -3.71. The molecule has 1 aliphatic rings. The third-order valence-electron chi connectivity index (χ3n) is 7.68. The molecule has 0 spiro atoms. The van der Waals surface area contributed by atoms with Gasteiger partial charge in [-0.15, -0.1) is 11.3 Å². The van der Waals surface area contributed by atoms with Gasteiger partial charge in [-0.05, 0) is 93.3 Å². The lowest BCUT2D eigenvalue weighted by Crippen LogP contribution is -2.26. The van der Waals surface area contributed by atoms with Gasteiger partial charge < -0.3 is 14.8 Å². The van der Waals surface area contributed by atoms with E-state index in [1.165, 1.54) is 16.2 Å². The highest BCUT2D eigenvalue weighted by Gasteiger charge is 2.34. The Labute approximate surface area is 246 Å². The molecule has 0 saturated heterocycles. The van der Waals surface area contributed by atoms with Gasteiger partial charge in [0.25, 0.3) is 5.91 Å². The maximum atomic E-state index is 14.0. The Morgan fingerprint density at radius 1 is 1.10 bits per heavy atom. The molecule has 2 heterocycles. The topological polar surface area (TPSA) is 77.5 Å². The van der Waals surface area contributed by atoms with Crippen LogP contribution in [0.15, 0.2) is 54.6 Å². The number of carbonyl (C=O) groups is 2. The fraction of sp³-hybridized carbons (Fsp3) is 0.382. The number of ether oxygens (including phenoxy) is 2. The summed E-state index contributed by atoms with van der Waals surface area (Å²) in [7, 11) is 0. The van der Waals surface area contributed by atoms with Crippen molar-refractivity contribution in [3.05, 3.63) is 76.2 Å². The molecule has 0 saturated carbocycles. The molecule has 2 aromatic heterocycles. The van der Waals surface area contributed by atoms with Crippen LogP contribution in [0.4, 0.5) is 5.00 Å². The van der Waals surface area contributed by atoms with Gasteiger partial charge in [-0.25, -0.2) is 9.78 Å². The fourth-order valence-corrected chi connectivity index (χ4v) is 6.80. The van der Waals surface area contributed by atoms with Gasteiger partial charge in [-0.3, -0.25) is 4.79 Å². The van der Waals surface area contributed by atoms with Crippen LogP contribution in [0, 0.1) is 11.3 Å². The normalized spacial score (nSPS) is 15.0. The number of nitrogens with zero attached hydrogens (tertiary/aromatic N) is 1. The molecule has 0 aliphatic heterocycles. The largest absolute Gasteiger partial charge is 0.491 e. The average molecular weight is 571 g/mol. The molecule has 4 aromatic rings. The number of hydrogen-bond acceptors (Lipinski definition) is 6. The van der Waals surface area contributed by atoms with E-state index in [1.807, 2.05) is 68.4 Å². The van der Waals surface area contributed by atoms with Gasteiger partial charge in [0.2, 0.25) is 0 Å². The molecule has 0 fully saturated rings. The highest BCUT2D eigenvalue weighted by molar-refractivity contribution is 7.17. The number of benzene rings is 2. The zero-order valence-corrected chi connectivity index (χ0v) is 25.5. The first kappa shape index (κ1) is 28.8. The molecule has 1 atom stereocenters. The summed E-state index contributed by atoms with van der Waals surface area (Å²) in [5.41, 5.74) is 4.49. The lowest BCUT2D eigenvalue weighted by atomic mass is 9.72. The first-order chi connectivity index (χ1) is 19.5. The van der Waals surface area contributed by atoms with Crippen molar-refractivity contribution < 1.29 is 19.1 Å². The molecule has 214 valence electrons. The molecular weight excluding hydrogens is 532 g/mol. The van der Waals surface area contributed by atoms with Crippen LogP contribution >= 0.6 is 11.3 Å². The minimum absolute atomic E-state index is 0.0803. The van der Waals surface area contributed by atoms with Gasteiger partial charge in [0.05, 0.1) is 35.0 Å². The molecule has 2 aromatic carbocycles. The first-order valence-electron chi connectivity index (χ1n) is 14.3. The summed E-state index contributed by atoms with van der Waals surface area (Å²) in [4.78, 5) is 33.1. The maximum Gasteiger partial charge on any atom is 0.341 e. The van der Waals surface area contributed by atoms with E-state index in [1.54, 1.807) is 6.92 Å². The molecule has 1 unspecified atom stereocenters. The summed E-state index contributed by atoms with van der Waals surface area (Å²) in [6, 6.07) is 17.2. The Bertz CT molecular complexity index is 1580. The van der Waals surface area contributed by atoms with Crippen molar-refractivity contribution in [1.82, 2.24) is 4.98 Å². The van der Waals surface area contributed by atoms with Crippen molar-refractivity contribution in [3.8, 4) is 17.0 Å². The van der Waals surface area contributed by atoms with Gasteiger partial charge in [0.15, 0.2) is 0 Å². The second-order valence-electron chi connectivity index (χ2n) is 12.0. The van der Waals surface area contributed by atoms with Crippen LogP contribution in [0.5, 0.6) is 5.75 Å². The van der Waals surface area contributed by atoms with E-state index >= 15 is 0 Å². The van der Waals surface area contributed by atoms with E-state index in [0.717, 1.165) is 47.0 Å². The second-order valence-corrected chi connectivity index (χ2v) is 13.1. The van der Waals surface area contributed by atoms with Crippen LogP contribution in [0.1, 0.15) is 79.1 Å². The van der Waals surface area contributed by atoms with Gasteiger partial charge in [0, 0.05) is 15.8 Å². The number of nitrogens with one attached hydrogen (secondary N) is 1. The molecule has 1 aliphatic carbocycles. The number of esters is 1. The van der Waals surface area contributed by atoms with Crippen LogP contribution in [0.3, 0.4) is 0 Å². The van der Waals surface area contributed by atoms with Crippen LogP contribution in [0.25, 0.3) is 22.2 Å². The van der Waals surface area contributed by atoms with Gasteiger partial charge in [-0.1, -0.05) is 39.0 Å². The minimum Gasteiger partial charge on any atom is -0.491 e. The number of hydrogen-bond donors (Lipinski definition) is 1. The Morgan fingerprint density at radius 3 is 2.51 bits per heavy atom. The third-order valence-corrected chi connectivity index (χ3v) is 8.85. The zero-order chi connectivity index (χ0) is 29.3. The maximum absolute atomic E-state index is 14.0. The molecule has 1 amide bonds. The minimum atomic E-state index is -0.376. The highest BCUT2D eigenvalue weighted by atomic mass is 32.1. The van der Waals surface area contributed by atoms with E-state index in [2.05, 4.69) is 26.1 Å². The van der Waals surface area contributed by atoms with Crippen LogP contribution < -0.4 is 10.1 Å². The number of anilines is 1. The lowest BCUT2D eigenvalue weighted by molar-refractivity contribution is 0.0526. The lowest BCUT2D eigenvalue weighted by Gasteiger charge is -2.33. The van der Waals surface area contributed by atoms with Crippen molar-refractivity contribution in [2.45, 2.75) is 66.9 Å². The van der Waals surface area contributed by atoms with E-state index in [-0.39, 0.29) is 30.0 Å². The van der Waals surface area contributed by atoms with E-state index in [0.29, 0.717) is 27.7 Å². The summed E-state index contributed by atoms with van der Waals surface area (Å²) >= 11 is 1.51. The van der Waals surface area contributed by atoms with E-state index < -0.39 is 0 Å². The molecule has 0 radical (unpaired) electrons. The van der Waals surface area contributed by atoms with E-state index in [9.17, 15) is 9.59 Å². The molecular formula is C34H38N2O4S. The highest BCUT2D eigenvalue weighted by Crippen LogP contribution is 2.44. The van der Waals surface area contributed by atoms with Crippen LogP contribution in [0.2, 0.25) is 0 Å². The number of carbonyl (C=O) groups excluding carboxylic acids is 2. The van der Waals surface area contributed by atoms with Crippen molar-refractivity contribution in [1.29, 1.82) is 0 Å². The summed E-state index contributed by atoms with van der Waals surface area (Å²) in [6.07, 6.45) is 2.78. The van der Waals surface area contributed by atoms with Crippen molar-refractivity contribution >= 4 is 39.1 Å². The smallest absolute Gasteiger partial charge is 0.341 e. The monoisotopic (exact) mass is 570 g/mol. The standard InChI is InChI=1S/C34H38N2O4S/c1-7-39-33(38)30-25-17-14-22(34(4,5)6)18-29(25)41-32(30)36-31(37)26-19-28(35-27-11-9-8-10-24(26)27)21-12-15-23(16-13-21)40-20(2)3/h8-13,15-16,19-20,22H,7,14,17-18H2,1-6H3,(H,36,37). The third kappa shape index (κ3) is 6.15. The van der Waals surface area contributed by atoms with Crippen LogP contribution in [-0.2, 0) is 17.6 Å². The number of aromatic nitrogens is 1. The Morgan fingerprint density at radius 2 is 1.83 bits per heavy atom. The molecule has 41 heavy (non-hydrogen) atoms. The predicted molar refractivity (Wildman–Crippen MR) is 166 cm³/mol. The Balaban J connectivity index is 1.52. The molecule has 0 bridgehead atoms. The number of rotatable bonds is 7. The predicted octanol–water partition coefficient (Wildman–Crippen LogP) is 8.33. The number of pyridine rings is 1. The van der Waals surface area contributed by atoms with Crippen molar-refractivity contribution in [3.63, 3.8) is 0 Å². The quantitative estimate of drug-likeness (QED) is 0.226. The summed E-state index contributed by atoms with van der Waals surface area (Å²) in [5, 5.41) is 4.42. The molecule has 6 nitrogen and oxygen atoms in total. The number of fused-ring (bicyclic) bond motifs is 2.